The van der Waals surface area contributed by atoms with Crippen LogP contribution < -0.4 is 10.5 Å². The molecule has 0 bridgehead atoms. The number of methoxy groups -OCH3 is 1. The van der Waals surface area contributed by atoms with Crippen LogP contribution in [-0.4, -0.2) is 19.7 Å². The Morgan fingerprint density at radius 1 is 1.53 bits per heavy atom. The lowest BCUT2D eigenvalue weighted by Crippen LogP contribution is -2.18. The number of esters is 1. The number of hydrogen-bond acceptors (Lipinski definition) is 4. The molecule has 1 aromatic carbocycles. The highest BCUT2D eigenvalue weighted by molar-refractivity contribution is 5.70. The van der Waals surface area contributed by atoms with E-state index in [1.54, 1.807) is 6.92 Å². The number of ether oxygens (including phenoxy) is 2. The number of benzene rings is 1. The summed E-state index contributed by atoms with van der Waals surface area (Å²) in [5.74, 6) is -0.398. The minimum absolute atomic E-state index is 0.0576. The third-order valence-electron chi connectivity index (χ3n) is 2.29. The molecule has 0 saturated heterocycles. The lowest BCUT2D eigenvalue weighted by Gasteiger charge is -2.13. The van der Waals surface area contributed by atoms with Gasteiger partial charge in [0, 0.05) is 11.6 Å². The van der Waals surface area contributed by atoms with Gasteiger partial charge in [0.1, 0.15) is 11.6 Å². The molecule has 1 atom stereocenters. The topological polar surface area (TPSA) is 61.5 Å². The molecular weight excluding hydrogens is 225 g/mol. The second-order valence-electron chi connectivity index (χ2n) is 3.50. The molecule has 94 valence electrons. The van der Waals surface area contributed by atoms with Gasteiger partial charge in [0.2, 0.25) is 0 Å². The molecule has 2 N–H and O–H groups in total. The Kier molecular flexibility index (Phi) is 4.90. The van der Waals surface area contributed by atoms with E-state index in [2.05, 4.69) is 0 Å². The van der Waals surface area contributed by atoms with Gasteiger partial charge in [-0.2, -0.15) is 0 Å². The van der Waals surface area contributed by atoms with Crippen LogP contribution in [0.4, 0.5) is 4.39 Å². The normalized spacial score (nSPS) is 12.0. The number of rotatable bonds is 5. The minimum atomic E-state index is -0.732. The molecule has 17 heavy (non-hydrogen) atoms. The third kappa shape index (κ3) is 3.71. The molecule has 0 aromatic heterocycles. The first kappa shape index (κ1) is 13.4. The van der Waals surface area contributed by atoms with Crippen LogP contribution in [0.1, 0.15) is 24.9 Å². The van der Waals surface area contributed by atoms with Gasteiger partial charge in [0.15, 0.2) is 0 Å². The zero-order chi connectivity index (χ0) is 12.8. The molecule has 0 aliphatic rings. The average Bonchev–Trinajstić information content (AvgIpc) is 2.29. The highest BCUT2D eigenvalue weighted by atomic mass is 19.1. The van der Waals surface area contributed by atoms with E-state index in [1.165, 1.54) is 25.3 Å². The molecule has 0 aliphatic heterocycles. The summed E-state index contributed by atoms with van der Waals surface area (Å²) in [7, 11) is 1.48. The molecular formula is C12H16FNO3. The number of nitrogens with two attached hydrogens (primary N) is 1. The maximum absolute atomic E-state index is 13.5. The van der Waals surface area contributed by atoms with Crippen LogP contribution in [0.2, 0.25) is 0 Å². The molecule has 0 fully saturated rings. The smallest absolute Gasteiger partial charge is 0.307 e. The lowest BCUT2D eigenvalue weighted by molar-refractivity contribution is -0.143. The van der Waals surface area contributed by atoms with Crippen LogP contribution in [0.5, 0.6) is 5.75 Å². The van der Waals surface area contributed by atoms with Crippen LogP contribution in [-0.2, 0) is 9.53 Å². The molecule has 0 unspecified atom stereocenters. The van der Waals surface area contributed by atoms with Gasteiger partial charge >= 0.3 is 5.97 Å². The summed E-state index contributed by atoms with van der Waals surface area (Å²) in [5.41, 5.74) is 6.00. The highest BCUT2D eigenvalue weighted by Gasteiger charge is 2.16. The first-order valence-corrected chi connectivity index (χ1v) is 5.33. The van der Waals surface area contributed by atoms with Crippen molar-refractivity contribution in [1.29, 1.82) is 0 Å². The summed E-state index contributed by atoms with van der Waals surface area (Å²) in [6.45, 7) is 1.99. The van der Waals surface area contributed by atoms with Gasteiger partial charge in [-0.1, -0.05) is 0 Å². The van der Waals surface area contributed by atoms with E-state index >= 15 is 0 Å². The molecule has 0 radical (unpaired) electrons. The lowest BCUT2D eigenvalue weighted by atomic mass is 10.0. The largest absolute Gasteiger partial charge is 0.497 e. The quantitative estimate of drug-likeness (QED) is 0.798. The van der Waals surface area contributed by atoms with E-state index in [1.807, 2.05) is 0 Å². The van der Waals surface area contributed by atoms with E-state index < -0.39 is 17.8 Å². The van der Waals surface area contributed by atoms with Gasteiger partial charge in [-0.05, 0) is 25.1 Å². The summed E-state index contributed by atoms with van der Waals surface area (Å²) >= 11 is 0. The summed E-state index contributed by atoms with van der Waals surface area (Å²) in [6.07, 6.45) is -0.0576. The number of hydrogen-bond donors (Lipinski definition) is 1. The molecule has 0 amide bonds. The second kappa shape index (κ2) is 6.20. The van der Waals surface area contributed by atoms with Crippen molar-refractivity contribution >= 4 is 5.97 Å². The first-order valence-electron chi connectivity index (χ1n) is 5.33. The molecule has 0 saturated carbocycles. The molecule has 1 aromatic rings. The van der Waals surface area contributed by atoms with Gasteiger partial charge in [0.25, 0.3) is 0 Å². The molecule has 4 nitrogen and oxygen atoms in total. The number of carbonyl (C=O) groups excluding carboxylic acids is 1. The molecule has 0 aliphatic carbocycles. The molecule has 0 spiro atoms. The zero-order valence-corrected chi connectivity index (χ0v) is 9.90. The van der Waals surface area contributed by atoms with Crippen LogP contribution >= 0.6 is 0 Å². The summed E-state index contributed by atoms with van der Waals surface area (Å²) in [6, 6.07) is 3.51. The van der Waals surface area contributed by atoms with Crippen LogP contribution in [0.3, 0.4) is 0 Å². The number of halogens is 1. The maximum atomic E-state index is 13.5. The highest BCUT2D eigenvalue weighted by Crippen LogP contribution is 2.23. The van der Waals surface area contributed by atoms with E-state index in [-0.39, 0.29) is 18.6 Å². The average molecular weight is 241 g/mol. The standard InChI is InChI=1S/C12H16FNO3/c1-3-17-12(15)7-11(14)9-6-8(16-2)4-5-10(9)13/h4-6,11H,3,7,14H2,1-2H3/t11-/m1/s1. The zero-order valence-electron chi connectivity index (χ0n) is 9.90. The van der Waals surface area contributed by atoms with Crippen molar-refractivity contribution < 1.29 is 18.7 Å². The Hall–Kier alpha value is -1.62. The summed E-state index contributed by atoms with van der Waals surface area (Å²) in [5, 5.41) is 0. The second-order valence-corrected chi connectivity index (χ2v) is 3.50. The monoisotopic (exact) mass is 241 g/mol. The number of carbonyl (C=O) groups is 1. The Morgan fingerprint density at radius 2 is 2.24 bits per heavy atom. The van der Waals surface area contributed by atoms with Crippen molar-refractivity contribution in [3.8, 4) is 5.75 Å². The molecule has 5 heteroatoms. The minimum Gasteiger partial charge on any atom is -0.497 e. The van der Waals surface area contributed by atoms with Gasteiger partial charge in [-0.25, -0.2) is 4.39 Å². The first-order chi connectivity index (χ1) is 8.08. The van der Waals surface area contributed by atoms with Gasteiger partial charge in [-0.15, -0.1) is 0 Å². The Labute approximate surface area is 99.5 Å². The predicted molar refractivity (Wildman–Crippen MR) is 61.1 cm³/mol. The van der Waals surface area contributed by atoms with E-state index in [0.29, 0.717) is 5.75 Å². The van der Waals surface area contributed by atoms with Crippen LogP contribution in [0.15, 0.2) is 18.2 Å². The SMILES string of the molecule is CCOC(=O)C[C@@H](N)c1cc(OC)ccc1F. The molecule has 1 rings (SSSR count). The van der Waals surface area contributed by atoms with E-state index in [4.69, 9.17) is 15.2 Å². The van der Waals surface area contributed by atoms with Gasteiger partial charge < -0.3 is 15.2 Å². The molecule has 0 heterocycles. The Bertz CT molecular complexity index is 395. The summed E-state index contributed by atoms with van der Waals surface area (Å²) < 4.78 is 23.2. The maximum Gasteiger partial charge on any atom is 0.307 e. The van der Waals surface area contributed by atoms with Crippen molar-refractivity contribution in [3.05, 3.63) is 29.6 Å². The van der Waals surface area contributed by atoms with Crippen LogP contribution in [0.25, 0.3) is 0 Å². The van der Waals surface area contributed by atoms with Gasteiger partial charge in [-0.3, -0.25) is 4.79 Å². The van der Waals surface area contributed by atoms with E-state index in [0.717, 1.165) is 0 Å². The Balaban J connectivity index is 2.80. The van der Waals surface area contributed by atoms with Gasteiger partial charge in [0.05, 0.1) is 20.1 Å². The fourth-order valence-corrected chi connectivity index (χ4v) is 1.44. The summed E-state index contributed by atoms with van der Waals surface area (Å²) in [4.78, 5) is 11.2. The fourth-order valence-electron chi connectivity index (χ4n) is 1.44. The van der Waals surface area contributed by atoms with Crippen molar-refractivity contribution in [2.45, 2.75) is 19.4 Å². The van der Waals surface area contributed by atoms with E-state index in [9.17, 15) is 9.18 Å². The Morgan fingerprint density at radius 3 is 2.82 bits per heavy atom. The third-order valence-corrected chi connectivity index (χ3v) is 2.29. The van der Waals surface area contributed by atoms with Crippen molar-refractivity contribution in [3.63, 3.8) is 0 Å². The van der Waals surface area contributed by atoms with Crippen molar-refractivity contribution in [2.75, 3.05) is 13.7 Å². The van der Waals surface area contributed by atoms with Crippen molar-refractivity contribution in [2.24, 2.45) is 5.73 Å². The fraction of sp³-hybridized carbons (Fsp3) is 0.417. The van der Waals surface area contributed by atoms with Crippen LogP contribution in [0, 0.1) is 5.82 Å². The van der Waals surface area contributed by atoms with Crippen molar-refractivity contribution in [1.82, 2.24) is 0 Å². The predicted octanol–water partition coefficient (Wildman–Crippen LogP) is 1.79.